The zero-order chi connectivity index (χ0) is 23.3. The van der Waals surface area contributed by atoms with Gasteiger partial charge in [-0.3, -0.25) is 10.1 Å². The average molecular weight is 468 g/mol. The first kappa shape index (κ1) is 24.0. The van der Waals surface area contributed by atoms with Gasteiger partial charge in [0.25, 0.3) is 5.91 Å². The van der Waals surface area contributed by atoms with Crippen molar-refractivity contribution < 1.29 is 18.0 Å². The Labute approximate surface area is 189 Å². The summed E-state index contributed by atoms with van der Waals surface area (Å²) in [6.07, 6.45) is 1.50. The fourth-order valence-electron chi connectivity index (χ4n) is 3.38. The van der Waals surface area contributed by atoms with Gasteiger partial charge < -0.3 is 5.32 Å². The molecule has 1 aliphatic rings. The molecule has 3 rings (SSSR count). The molecule has 0 aromatic heterocycles. The Morgan fingerprint density at radius 2 is 1.81 bits per heavy atom. The number of hydrogen-bond acceptors (Lipinski definition) is 4. The Morgan fingerprint density at radius 3 is 2.44 bits per heavy atom. The van der Waals surface area contributed by atoms with Crippen molar-refractivity contribution in [1.82, 2.24) is 21.5 Å². The molecule has 2 aromatic rings. The van der Waals surface area contributed by atoms with Gasteiger partial charge in [-0.05, 0) is 48.7 Å². The second kappa shape index (κ2) is 10.8. The van der Waals surface area contributed by atoms with Crippen molar-refractivity contribution in [3.8, 4) is 0 Å². The smallest absolute Gasteiger partial charge is 0.258 e. The van der Waals surface area contributed by atoms with Gasteiger partial charge in [0.15, 0.2) is 5.96 Å². The third kappa shape index (κ3) is 6.21. The highest BCUT2D eigenvalue weighted by atomic mass is 35.5. The number of hydrazine groups is 1. The Hall–Kier alpha value is -2.62. The maximum Gasteiger partial charge on any atom is 0.258 e. The van der Waals surface area contributed by atoms with Gasteiger partial charge in [0.2, 0.25) is 0 Å². The highest BCUT2D eigenvalue weighted by Crippen LogP contribution is 2.24. The van der Waals surface area contributed by atoms with Crippen molar-refractivity contribution in [3.05, 3.63) is 70.0 Å². The first-order valence-electron chi connectivity index (χ1n) is 10.4. The van der Waals surface area contributed by atoms with E-state index < -0.39 is 29.5 Å². The summed E-state index contributed by atoms with van der Waals surface area (Å²) >= 11 is 5.69. The van der Waals surface area contributed by atoms with Gasteiger partial charge in [-0.2, -0.15) is 0 Å². The number of rotatable bonds is 6. The predicted molar refractivity (Wildman–Crippen MR) is 118 cm³/mol. The predicted octanol–water partition coefficient (Wildman–Crippen LogP) is 4.19. The minimum Gasteiger partial charge on any atom is -0.353 e. The number of amides is 1. The van der Waals surface area contributed by atoms with E-state index in [9.17, 15) is 18.0 Å². The summed E-state index contributed by atoms with van der Waals surface area (Å²) in [6, 6.07) is 6.79. The molecule has 1 heterocycles. The number of guanidine groups is 1. The number of halogens is 4. The van der Waals surface area contributed by atoms with Crippen LogP contribution in [0.15, 0.2) is 41.4 Å². The Morgan fingerprint density at radius 1 is 1.12 bits per heavy atom. The van der Waals surface area contributed by atoms with Crippen molar-refractivity contribution >= 4 is 23.5 Å². The molecular weight excluding hydrogens is 443 g/mol. The van der Waals surface area contributed by atoms with Crippen LogP contribution in [0.4, 0.5) is 13.2 Å². The quantitative estimate of drug-likeness (QED) is 0.379. The lowest BCUT2D eigenvalue weighted by Gasteiger charge is -2.20. The second-order valence-electron chi connectivity index (χ2n) is 7.51. The largest absolute Gasteiger partial charge is 0.353 e. The number of nitrogens with one attached hydrogen (secondary N) is 4. The summed E-state index contributed by atoms with van der Waals surface area (Å²) in [5.41, 5.74) is 6.47. The standard InChI is InChI=1S/C22H25ClF3N5O/c1-3-16(4-2)27-22(29-21(32)12-5-6-17(23)18(26)9-12)28-20-11-19(30-31-20)13-7-14(24)10-15(25)8-13/h5-10,16,19-20,30-31H,3-4,11H2,1-2H3,(H2,27,28,29,32). The molecule has 0 aliphatic carbocycles. The summed E-state index contributed by atoms with van der Waals surface area (Å²) in [7, 11) is 0. The molecule has 172 valence electrons. The van der Waals surface area contributed by atoms with Crippen molar-refractivity contribution in [2.75, 3.05) is 0 Å². The van der Waals surface area contributed by atoms with Crippen LogP contribution in [0.5, 0.6) is 0 Å². The molecule has 0 saturated carbocycles. The van der Waals surface area contributed by atoms with Crippen LogP contribution in [0.3, 0.4) is 0 Å². The highest BCUT2D eigenvalue weighted by molar-refractivity contribution is 6.30. The zero-order valence-corrected chi connectivity index (χ0v) is 18.4. The molecule has 1 amide bonds. The maximum absolute atomic E-state index is 13.8. The van der Waals surface area contributed by atoms with Gasteiger partial charge in [0.1, 0.15) is 23.6 Å². The molecule has 0 bridgehead atoms. The van der Waals surface area contributed by atoms with Gasteiger partial charge >= 0.3 is 0 Å². The molecule has 1 saturated heterocycles. The van der Waals surface area contributed by atoms with E-state index in [1.807, 2.05) is 13.8 Å². The lowest BCUT2D eigenvalue weighted by Crippen LogP contribution is -2.47. The first-order valence-corrected chi connectivity index (χ1v) is 10.7. The van der Waals surface area contributed by atoms with Crippen LogP contribution >= 0.6 is 11.6 Å². The normalized spacial score (nSPS) is 18.8. The van der Waals surface area contributed by atoms with E-state index in [-0.39, 0.29) is 28.6 Å². The molecule has 2 aromatic carbocycles. The maximum atomic E-state index is 13.8. The minimum absolute atomic E-state index is 0.0541. The third-order valence-corrected chi connectivity index (χ3v) is 5.50. The summed E-state index contributed by atoms with van der Waals surface area (Å²) in [6.45, 7) is 4.00. The Bertz CT molecular complexity index is 979. The third-order valence-electron chi connectivity index (χ3n) is 5.20. The Balaban J connectivity index is 1.77. The van der Waals surface area contributed by atoms with E-state index in [4.69, 9.17) is 11.6 Å². The van der Waals surface area contributed by atoms with E-state index in [1.54, 1.807) is 0 Å². The van der Waals surface area contributed by atoms with Crippen molar-refractivity contribution in [2.24, 2.45) is 4.99 Å². The molecule has 0 radical (unpaired) electrons. The number of nitrogens with zero attached hydrogens (tertiary/aromatic N) is 1. The summed E-state index contributed by atoms with van der Waals surface area (Å²) in [4.78, 5) is 17.2. The van der Waals surface area contributed by atoms with Crippen LogP contribution < -0.4 is 21.5 Å². The average Bonchev–Trinajstić information content (AvgIpc) is 3.21. The first-order chi connectivity index (χ1) is 15.3. The highest BCUT2D eigenvalue weighted by Gasteiger charge is 2.26. The van der Waals surface area contributed by atoms with Gasteiger partial charge in [0, 0.05) is 30.1 Å². The van der Waals surface area contributed by atoms with Gasteiger partial charge in [-0.15, -0.1) is 0 Å². The fourth-order valence-corrected chi connectivity index (χ4v) is 3.50. The lowest BCUT2D eigenvalue weighted by molar-refractivity contribution is 0.0975. The lowest BCUT2D eigenvalue weighted by atomic mass is 10.0. The molecular formula is C22H25ClF3N5O. The number of benzene rings is 2. The van der Waals surface area contributed by atoms with E-state index in [1.165, 1.54) is 24.3 Å². The SMILES string of the molecule is CCC(CC)NC(=NC1CC(c2cc(F)cc(F)c2)NN1)NC(=O)c1ccc(Cl)c(F)c1. The minimum atomic E-state index is -0.697. The van der Waals surface area contributed by atoms with Gasteiger partial charge in [-0.1, -0.05) is 25.4 Å². The summed E-state index contributed by atoms with van der Waals surface area (Å²) in [5.74, 6) is -2.35. The van der Waals surface area contributed by atoms with Gasteiger partial charge in [-0.25, -0.2) is 29.0 Å². The monoisotopic (exact) mass is 467 g/mol. The number of carbonyl (C=O) groups is 1. The summed E-state index contributed by atoms with van der Waals surface area (Å²) < 4.78 is 40.9. The van der Waals surface area contributed by atoms with Crippen LogP contribution in [-0.2, 0) is 0 Å². The topological polar surface area (TPSA) is 77.6 Å². The van der Waals surface area contributed by atoms with Crippen molar-refractivity contribution in [2.45, 2.75) is 51.4 Å². The molecule has 0 spiro atoms. The van der Waals surface area contributed by atoms with Crippen LogP contribution in [0.25, 0.3) is 0 Å². The molecule has 2 unspecified atom stereocenters. The van der Waals surface area contributed by atoms with Crippen LogP contribution in [0.2, 0.25) is 5.02 Å². The molecule has 1 aliphatic heterocycles. The van der Waals surface area contributed by atoms with Crippen molar-refractivity contribution in [1.29, 1.82) is 0 Å². The van der Waals surface area contributed by atoms with E-state index >= 15 is 0 Å². The Kier molecular flexibility index (Phi) is 8.11. The molecule has 10 heteroatoms. The molecule has 6 nitrogen and oxygen atoms in total. The zero-order valence-electron chi connectivity index (χ0n) is 17.7. The second-order valence-corrected chi connectivity index (χ2v) is 7.92. The number of hydrogen-bond donors (Lipinski definition) is 4. The van der Waals surface area contributed by atoms with Gasteiger partial charge in [0.05, 0.1) is 5.02 Å². The van der Waals surface area contributed by atoms with E-state index in [2.05, 4.69) is 26.5 Å². The fraction of sp³-hybridized carbons (Fsp3) is 0.364. The molecule has 4 N–H and O–H groups in total. The molecule has 2 atom stereocenters. The van der Waals surface area contributed by atoms with Crippen molar-refractivity contribution in [3.63, 3.8) is 0 Å². The van der Waals surface area contributed by atoms with Crippen LogP contribution in [-0.4, -0.2) is 24.1 Å². The molecule has 32 heavy (non-hydrogen) atoms. The molecule has 1 fully saturated rings. The number of carbonyl (C=O) groups excluding carboxylic acids is 1. The summed E-state index contributed by atoms with van der Waals surface area (Å²) in [5, 5.41) is 5.79. The van der Waals surface area contributed by atoms with Crippen LogP contribution in [0.1, 0.15) is 55.1 Å². The van der Waals surface area contributed by atoms with Crippen LogP contribution in [0, 0.1) is 17.5 Å². The van der Waals surface area contributed by atoms with E-state index in [0.717, 1.165) is 25.0 Å². The number of aliphatic imine (C=N–C) groups is 1. The van der Waals surface area contributed by atoms with E-state index in [0.29, 0.717) is 12.0 Å².